The summed E-state index contributed by atoms with van der Waals surface area (Å²) in [7, 11) is 0. The van der Waals surface area contributed by atoms with Crippen molar-refractivity contribution in [2.24, 2.45) is 5.92 Å². The molecule has 0 unspecified atom stereocenters. The van der Waals surface area contributed by atoms with E-state index in [4.69, 9.17) is 33.3 Å². The van der Waals surface area contributed by atoms with Gasteiger partial charge in [0.05, 0.1) is 17.3 Å². The van der Waals surface area contributed by atoms with Gasteiger partial charge in [-0.1, -0.05) is 30.1 Å². The van der Waals surface area contributed by atoms with Gasteiger partial charge in [0.15, 0.2) is 0 Å². The van der Waals surface area contributed by atoms with Crippen LogP contribution in [-0.2, 0) is 6.54 Å². The Kier molecular flexibility index (Phi) is 5.24. The monoisotopic (exact) mass is 436 g/mol. The SMILES string of the molecule is CC[C@H]1Cn2nc(-c3ccc(Cl)cc3Cl)c3nc(C)cc(c32)N1CC1CC1.Cl. The standard InChI is InChI=1S/C21H22Cl2N4.ClH/c1-3-15-11-27-21-18(26(15)10-13-4-5-13)8-12(2)24-20(21)19(25-27)16-7-6-14(22)9-17(16)23;/h6-9,13,15H,3-5,10-11H2,1-2H3;1H/t15-;/m0./s1. The molecule has 148 valence electrons. The molecule has 1 aliphatic heterocycles. The number of aromatic nitrogens is 3. The minimum absolute atomic E-state index is 0. The zero-order valence-electron chi connectivity index (χ0n) is 16.0. The highest BCUT2D eigenvalue weighted by Gasteiger charge is 2.34. The van der Waals surface area contributed by atoms with Gasteiger partial charge in [-0.05, 0) is 56.4 Å². The lowest BCUT2D eigenvalue weighted by Gasteiger charge is -2.37. The number of hydrogen-bond donors (Lipinski definition) is 0. The zero-order chi connectivity index (χ0) is 18.7. The summed E-state index contributed by atoms with van der Waals surface area (Å²) in [6, 6.07) is 8.26. The van der Waals surface area contributed by atoms with E-state index in [1.54, 1.807) is 6.07 Å². The van der Waals surface area contributed by atoms with Gasteiger partial charge in [0, 0.05) is 28.9 Å². The maximum atomic E-state index is 6.50. The molecule has 3 aromatic rings. The second-order valence-electron chi connectivity index (χ2n) is 7.79. The molecule has 1 fully saturated rings. The third-order valence-corrected chi connectivity index (χ3v) is 6.29. The molecule has 1 atom stereocenters. The van der Waals surface area contributed by atoms with Crippen molar-refractivity contribution in [3.05, 3.63) is 40.0 Å². The predicted molar refractivity (Wildman–Crippen MR) is 119 cm³/mol. The number of rotatable bonds is 4. The zero-order valence-corrected chi connectivity index (χ0v) is 18.3. The van der Waals surface area contributed by atoms with Gasteiger partial charge in [-0.2, -0.15) is 5.10 Å². The van der Waals surface area contributed by atoms with Crippen LogP contribution in [0.25, 0.3) is 22.3 Å². The molecule has 0 spiro atoms. The highest BCUT2D eigenvalue weighted by atomic mass is 35.5. The number of pyridine rings is 1. The van der Waals surface area contributed by atoms with Crippen LogP contribution >= 0.6 is 35.6 Å². The normalized spacial score (nSPS) is 18.4. The van der Waals surface area contributed by atoms with Crippen LogP contribution in [-0.4, -0.2) is 27.4 Å². The van der Waals surface area contributed by atoms with Crippen LogP contribution in [0.15, 0.2) is 24.3 Å². The number of hydrogen-bond acceptors (Lipinski definition) is 3. The molecular weight excluding hydrogens is 415 g/mol. The van der Waals surface area contributed by atoms with Crippen LogP contribution < -0.4 is 4.90 Å². The van der Waals surface area contributed by atoms with E-state index in [1.165, 1.54) is 18.5 Å². The van der Waals surface area contributed by atoms with Crippen molar-refractivity contribution in [2.45, 2.75) is 45.7 Å². The quantitative estimate of drug-likeness (QED) is 0.491. The molecule has 0 bridgehead atoms. The fraction of sp³-hybridized carbons (Fsp3) is 0.429. The van der Waals surface area contributed by atoms with Crippen LogP contribution in [0, 0.1) is 12.8 Å². The summed E-state index contributed by atoms with van der Waals surface area (Å²) in [6.45, 7) is 6.36. The molecule has 28 heavy (non-hydrogen) atoms. The van der Waals surface area contributed by atoms with E-state index in [9.17, 15) is 0 Å². The summed E-state index contributed by atoms with van der Waals surface area (Å²) in [6.07, 6.45) is 3.81. The van der Waals surface area contributed by atoms with Crippen molar-refractivity contribution in [3.8, 4) is 11.3 Å². The fourth-order valence-corrected chi connectivity index (χ4v) is 4.67. The summed E-state index contributed by atoms with van der Waals surface area (Å²) < 4.78 is 2.13. The Balaban J connectivity index is 0.00000192. The molecule has 7 heteroatoms. The van der Waals surface area contributed by atoms with Crippen LogP contribution in [0.5, 0.6) is 0 Å². The highest BCUT2D eigenvalue weighted by molar-refractivity contribution is 6.36. The van der Waals surface area contributed by atoms with Gasteiger partial charge in [-0.3, -0.25) is 4.68 Å². The number of anilines is 1. The van der Waals surface area contributed by atoms with Gasteiger partial charge in [0.2, 0.25) is 0 Å². The molecule has 1 aromatic carbocycles. The second kappa shape index (κ2) is 7.40. The van der Waals surface area contributed by atoms with Crippen LogP contribution in [0.3, 0.4) is 0 Å². The molecule has 0 amide bonds. The van der Waals surface area contributed by atoms with E-state index in [0.717, 1.165) is 53.4 Å². The summed E-state index contributed by atoms with van der Waals surface area (Å²) in [4.78, 5) is 7.46. The molecule has 5 rings (SSSR count). The minimum atomic E-state index is 0. The Morgan fingerprint density at radius 1 is 1.18 bits per heavy atom. The van der Waals surface area contributed by atoms with E-state index < -0.39 is 0 Å². The van der Waals surface area contributed by atoms with Crippen molar-refractivity contribution < 1.29 is 0 Å². The smallest absolute Gasteiger partial charge is 0.120 e. The van der Waals surface area contributed by atoms with E-state index in [2.05, 4.69) is 29.5 Å². The molecule has 0 radical (unpaired) electrons. The van der Waals surface area contributed by atoms with Crippen molar-refractivity contribution in [1.82, 2.24) is 14.8 Å². The van der Waals surface area contributed by atoms with Gasteiger partial charge >= 0.3 is 0 Å². The van der Waals surface area contributed by atoms with Gasteiger partial charge in [-0.25, -0.2) is 4.98 Å². The molecule has 1 saturated carbocycles. The second-order valence-corrected chi connectivity index (χ2v) is 8.64. The number of benzene rings is 1. The van der Waals surface area contributed by atoms with E-state index >= 15 is 0 Å². The number of aryl methyl sites for hydroxylation is 1. The van der Waals surface area contributed by atoms with Crippen molar-refractivity contribution >= 4 is 52.3 Å². The lowest BCUT2D eigenvalue weighted by molar-refractivity contribution is 0.453. The topological polar surface area (TPSA) is 34.0 Å². The highest BCUT2D eigenvalue weighted by Crippen LogP contribution is 2.42. The third-order valence-electron chi connectivity index (χ3n) is 5.75. The average molecular weight is 438 g/mol. The van der Waals surface area contributed by atoms with Gasteiger partial charge in [0.1, 0.15) is 16.7 Å². The Morgan fingerprint density at radius 2 is 1.96 bits per heavy atom. The first-order chi connectivity index (χ1) is 13.0. The number of nitrogens with zero attached hydrogens (tertiary/aromatic N) is 4. The lowest BCUT2D eigenvalue weighted by atomic mass is 10.1. The summed E-state index contributed by atoms with van der Waals surface area (Å²) in [5.41, 5.74) is 6.08. The fourth-order valence-electron chi connectivity index (χ4n) is 4.17. The van der Waals surface area contributed by atoms with Gasteiger partial charge < -0.3 is 4.90 Å². The summed E-state index contributed by atoms with van der Waals surface area (Å²) >= 11 is 12.6. The van der Waals surface area contributed by atoms with Crippen LogP contribution in [0.1, 0.15) is 31.9 Å². The van der Waals surface area contributed by atoms with Gasteiger partial charge in [0.25, 0.3) is 0 Å². The molecule has 1 aliphatic carbocycles. The average Bonchev–Trinajstić information content (AvgIpc) is 3.38. The molecular formula is C21H23Cl3N4. The van der Waals surface area contributed by atoms with Crippen LogP contribution in [0.2, 0.25) is 10.0 Å². The molecule has 0 N–H and O–H groups in total. The Hall–Kier alpha value is -1.49. The Bertz CT molecular complexity index is 1040. The van der Waals surface area contributed by atoms with Crippen molar-refractivity contribution in [3.63, 3.8) is 0 Å². The Labute approximate surface area is 181 Å². The molecule has 3 heterocycles. The first kappa shape index (κ1) is 19.8. The number of halogens is 3. The van der Waals surface area contributed by atoms with E-state index in [-0.39, 0.29) is 12.4 Å². The molecule has 0 saturated heterocycles. The first-order valence-electron chi connectivity index (χ1n) is 9.65. The predicted octanol–water partition coefficient (Wildman–Crippen LogP) is 6.14. The summed E-state index contributed by atoms with van der Waals surface area (Å²) in [5.74, 6) is 0.835. The first-order valence-corrected chi connectivity index (χ1v) is 10.4. The Morgan fingerprint density at radius 3 is 2.64 bits per heavy atom. The molecule has 2 aliphatic rings. The van der Waals surface area contributed by atoms with E-state index in [1.807, 2.05) is 12.1 Å². The van der Waals surface area contributed by atoms with Crippen molar-refractivity contribution in [2.75, 3.05) is 11.4 Å². The minimum Gasteiger partial charge on any atom is -0.365 e. The largest absolute Gasteiger partial charge is 0.365 e. The van der Waals surface area contributed by atoms with Gasteiger partial charge in [-0.15, -0.1) is 12.4 Å². The maximum Gasteiger partial charge on any atom is 0.120 e. The maximum absolute atomic E-state index is 6.50. The lowest BCUT2D eigenvalue weighted by Crippen LogP contribution is -2.42. The van der Waals surface area contributed by atoms with E-state index in [0.29, 0.717) is 16.1 Å². The third kappa shape index (κ3) is 3.26. The molecule has 2 aromatic heterocycles. The van der Waals surface area contributed by atoms with Crippen LogP contribution in [0.4, 0.5) is 5.69 Å². The van der Waals surface area contributed by atoms with Crippen molar-refractivity contribution in [1.29, 1.82) is 0 Å². The summed E-state index contributed by atoms with van der Waals surface area (Å²) in [5, 5.41) is 6.19. The molecule has 4 nitrogen and oxygen atoms in total.